The average molecular weight is 470 g/mol. The van der Waals surface area contributed by atoms with Gasteiger partial charge in [0.15, 0.2) is 11.5 Å². The molecule has 178 valence electrons. The molecule has 0 fully saturated rings. The molecule has 0 aliphatic carbocycles. The van der Waals surface area contributed by atoms with E-state index in [9.17, 15) is 4.79 Å². The number of benzene rings is 3. The van der Waals surface area contributed by atoms with E-state index >= 15 is 0 Å². The molecule has 1 aliphatic heterocycles. The molecule has 7 nitrogen and oxygen atoms in total. The first-order valence-electron chi connectivity index (χ1n) is 11.5. The van der Waals surface area contributed by atoms with E-state index in [-0.39, 0.29) is 11.8 Å². The van der Waals surface area contributed by atoms with Gasteiger partial charge in [0.1, 0.15) is 11.4 Å². The third-order valence-corrected chi connectivity index (χ3v) is 6.14. The van der Waals surface area contributed by atoms with E-state index < -0.39 is 0 Å². The number of carbonyl (C=O) groups excluding carboxylic acids is 1. The second-order valence-electron chi connectivity index (χ2n) is 8.44. The van der Waals surface area contributed by atoms with Crippen molar-refractivity contribution < 1.29 is 19.0 Å². The van der Waals surface area contributed by atoms with Crippen LogP contribution in [0, 0.1) is 5.92 Å². The zero-order valence-electron chi connectivity index (χ0n) is 19.7. The largest absolute Gasteiger partial charge is 0.493 e. The number of nitrogens with one attached hydrogen (secondary N) is 1. The fourth-order valence-electron chi connectivity index (χ4n) is 4.30. The van der Waals surface area contributed by atoms with Crippen LogP contribution in [-0.2, 0) is 6.42 Å². The number of aromatic nitrogens is 2. The molecular weight excluding hydrogens is 442 g/mol. The summed E-state index contributed by atoms with van der Waals surface area (Å²) in [4.78, 5) is 13.4. The summed E-state index contributed by atoms with van der Waals surface area (Å²) in [5, 5.41) is 7.86. The normalized spacial score (nSPS) is 14.5. The molecule has 1 aliphatic rings. The van der Waals surface area contributed by atoms with Crippen LogP contribution in [-0.4, -0.2) is 43.1 Å². The van der Waals surface area contributed by atoms with E-state index in [1.165, 1.54) is 5.56 Å². The van der Waals surface area contributed by atoms with Crippen LogP contribution < -0.4 is 19.5 Å². The highest BCUT2D eigenvalue weighted by Gasteiger charge is 2.23. The van der Waals surface area contributed by atoms with Crippen molar-refractivity contribution in [3.05, 3.63) is 90.1 Å². The highest BCUT2D eigenvalue weighted by molar-refractivity contribution is 6.00. The van der Waals surface area contributed by atoms with Crippen LogP contribution in [0.3, 0.4) is 0 Å². The summed E-state index contributed by atoms with van der Waals surface area (Å²) in [7, 11) is 3.18. The van der Waals surface area contributed by atoms with Gasteiger partial charge >= 0.3 is 0 Å². The number of carbonyl (C=O) groups is 1. The summed E-state index contributed by atoms with van der Waals surface area (Å²) in [6.07, 6.45) is 2.63. The molecule has 1 amide bonds. The lowest BCUT2D eigenvalue weighted by atomic mass is 9.96. The minimum absolute atomic E-state index is 0.184. The lowest BCUT2D eigenvalue weighted by Gasteiger charge is -2.25. The van der Waals surface area contributed by atoms with Crippen LogP contribution in [0.5, 0.6) is 17.2 Å². The Morgan fingerprint density at radius 3 is 2.60 bits per heavy atom. The molecule has 35 heavy (non-hydrogen) atoms. The lowest BCUT2D eigenvalue weighted by molar-refractivity contribution is 0.0939. The van der Waals surface area contributed by atoms with Crippen LogP contribution in [0.2, 0.25) is 0 Å². The van der Waals surface area contributed by atoms with Crippen molar-refractivity contribution in [2.75, 3.05) is 27.4 Å². The Morgan fingerprint density at radius 1 is 1.03 bits per heavy atom. The Morgan fingerprint density at radius 2 is 1.80 bits per heavy atom. The number of hydrogen-bond donors (Lipinski definition) is 1. The molecule has 3 aromatic carbocycles. The molecule has 1 unspecified atom stereocenters. The van der Waals surface area contributed by atoms with Gasteiger partial charge in [0.05, 0.1) is 32.1 Å². The van der Waals surface area contributed by atoms with Gasteiger partial charge in [-0.3, -0.25) is 4.79 Å². The minimum Gasteiger partial charge on any atom is -0.493 e. The van der Waals surface area contributed by atoms with E-state index in [1.807, 2.05) is 66.7 Å². The second-order valence-corrected chi connectivity index (χ2v) is 8.44. The molecule has 0 bridgehead atoms. The highest BCUT2D eigenvalue weighted by atomic mass is 16.5. The number of fused-ring (bicyclic) bond motifs is 1. The fraction of sp³-hybridized carbons (Fsp3) is 0.214. The second kappa shape index (κ2) is 9.93. The first-order valence-corrected chi connectivity index (χ1v) is 11.5. The predicted octanol–water partition coefficient (Wildman–Crippen LogP) is 4.54. The summed E-state index contributed by atoms with van der Waals surface area (Å²) in [6.45, 7) is 1.08. The SMILES string of the molecule is COc1ccc(-c2nn(-c3ccccc3)cc2C(=O)NCC2COc3ccccc3C2)cc1OC. The van der Waals surface area contributed by atoms with Gasteiger partial charge in [-0.2, -0.15) is 5.10 Å². The topological polar surface area (TPSA) is 74.6 Å². The Hall–Kier alpha value is -4.26. The zero-order chi connectivity index (χ0) is 24.2. The maximum Gasteiger partial charge on any atom is 0.255 e. The molecule has 5 rings (SSSR count). The maximum atomic E-state index is 13.4. The number of para-hydroxylation sites is 2. The number of ether oxygens (including phenoxy) is 3. The van der Waals surface area contributed by atoms with Crippen LogP contribution in [0.4, 0.5) is 0 Å². The number of rotatable bonds is 7. The van der Waals surface area contributed by atoms with Gasteiger partial charge in [0.25, 0.3) is 5.91 Å². The maximum absolute atomic E-state index is 13.4. The molecule has 4 aromatic rings. The summed E-state index contributed by atoms with van der Waals surface area (Å²) < 4.78 is 18.4. The smallest absolute Gasteiger partial charge is 0.255 e. The monoisotopic (exact) mass is 469 g/mol. The predicted molar refractivity (Wildman–Crippen MR) is 134 cm³/mol. The van der Waals surface area contributed by atoms with Gasteiger partial charge < -0.3 is 19.5 Å². The first kappa shape index (κ1) is 22.5. The Labute approximate surface area is 204 Å². The van der Waals surface area contributed by atoms with E-state index in [0.717, 1.165) is 23.4 Å². The van der Waals surface area contributed by atoms with Crippen LogP contribution in [0.1, 0.15) is 15.9 Å². The Bertz CT molecular complexity index is 1330. The molecular formula is C28H27N3O4. The number of hydrogen-bond acceptors (Lipinski definition) is 5. The van der Waals surface area contributed by atoms with Crippen molar-refractivity contribution in [3.63, 3.8) is 0 Å². The molecule has 2 heterocycles. The van der Waals surface area contributed by atoms with Gasteiger partial charge in [0, 0.05) is 24.2 Å². The van der Waals surface area contributed by atoms with Crippen LogP contribution >= 0.6 is 0 Å². The van der Waals surface area contributed by atoms with Crippen molar-refractivity contribution in [2.45, 2.75) is 6.42 Å². The van der Waals surface area contributed by atoms with Crippen LogP contribution in [0.25, 0.3) is 16.9 Å². The zero-order valence-corrected chi connectivity index (χ0v) is 19.7. The van der Waals surface area contributed by atoms with Crippen molar-refractivity contribution in [2.24, 2.45) is 5.92 Å². The van der Waals surface area contributed by atoms with Gasteiger partial charge in [-0.25, -0.2) is 4.68 Å². The summed E-state index contributed by atoms with van der Waals surface area (Å²) >= 11 is 0. The van der Waals surface area contributed by atoms with Crippen LogP contribution in [0.15, 0.2) is 79.0 Å². The Kier molecular flexibility index (Phi) is 6.39. The summed E-state index contributed by atoms with van der Waals surface area (Å²) in [5.41, 5.74) is 3.85. The average Bonchev–Trinajstić information content (AvgIpc) is 3.37. The van der Waals surface area contributed by atoms with E-state index in [4.69, 9.17) is 19.3 Å². The summed E-state index contributed by atoms with van der Waals surface area (Å²) in [5.74, 6) is 2.12. The third-order valence-electron chi connectivity index (χ3n) is 6.14. The quantitative estimate of drug-likeness (QED) is 0.430. The van der Waals surface area contributed by atoms with Crippen molar-refractivity contribution in [1.82, 2.24) is 15.1 Å². The molecule has 0 saturated carbocycles. The molecule has 0 saturated heterocycles. The minimum atomic E-state index is -0.184. The van der Waals surface area contributed by atoms with E-state index in [1.54, 1.807) is 25.1 Å². The molecule has 7 heteroatoms. The molecule has 1 N–H and O–H groups in total. The number of amides is 1. The summed E-state index contributed by atoms with van der Waals surface area (Å²) in [6, 6.07) is 23.3. The van der Waals surface area contributed by atoms with Crippen molar-refractivity contribution in [1.29, 1.82) is 0 Å². The Balaban J connectivity index is 1.42. The molecule has 1 aromatic heterocycles. The van der Waals surface area contributed by atoms with Crippen molar-refractivity contribution in [3.8, 4) is 34.2 Å². The fourth-order valence-corrected chi connectivity index (χ4v) is 4.30. The molecule has 0 spiro atoms. The van der Waals surface area contributed by atoms with Gasteiger partial charge in [-0.1, -0.05) is 36.4 Å². The number of methoxy groups -OCH3 is 2. The highest BCUT2D eigenvalue weighted by Crippen LogP contribution is 2.33. The first-order chi connectivity index (χ1) is 17.2. The van der Waals surface area contributed by atoms with E-state index in [0.29, 0.717) is 35.9 Å². The van der Waals surface area contributed by atoms with Gasteiger partial charge in [-0.15, -0.1) is 0 Å². The number of nitrogens with zero attached hydrogens (tertiary/aromatic N) is 2. The standard InChI is InChI=1S/C28H27N3O4/c1-33-25-13-12-21(15-26(25)34-2)27-23(17-31(30-27)22-9-4-3-5-10-22)28(32)29-16-19-14-20-8-6-7-11-24(20)35-18-19/h3-13,15,17,19H,14,16,18H2,1-2H3,(H,29,32). The third kappa shape index (κ3) is 4.71. The molecule has 1 atom stereocenters. The van der Waals surface area contributed by atoms with E-state index in [2.05, 4.69) is 11.4 Å². The van der Waals surface area contributed by atoms with Crippen molar-refractivity contribution >= 4 is 5.91 Å². The van der Waals surface area contributed by atoms with Gasteiger partial charge in [0.2, 0.25) is 0 Å². The van der Waals surface area contributed by atoms with Gasteiger partial charge in [-0.05, 0) is 48.4 Å². The molecule has 0 radical (unpaired) electrons. The lowest BCUT2D eigenvalue weighted by Crippen LogP contribution is -2.34.